The van der Waals surface area contributed by atoms with Crippen molar-refractivity contribution in [3.63, 3.8) is 0 Å². The molecule has 0 saturated carbocycles. The molecule has 90 valence electrons. The highest BCUT2D eigenvalue weighted by Gasteiger charge is 2.24. The molecule has 2 unspecified atom stereocenters. The summed E-state index contributed by atoms with van der Waals surface area (Å²) in [4.78, 5) is 2.71. The molecule has 15 heavy (non-hydrogen) atoms. The lowest BCUT2D eigenvalue weighted by Crippen LogP contribution is -2.43. The van der Waals surface area contributed by atoms with E-state index >= 15 is 0 Å². The van der Waals surface area contributed by atoms with Crippen molar-refractivity contribution in [2.45, 2.75) is 52.5 Å². The van der Waals surface area contributed by atoms with E-state index in [0.717, 1.165) is 23.6 Å². The van der Waals surface area contributed by atoms with Crippen molar-refractivity contribution in [3.05, 3.63) is 0 Å². The molecule has 0 aromatic rings. The van der Waals surface area contributed by atoms with E-state index in [1.807, 2.05) is 0 Å². The summed E-state index contributed by atoms with van der Waals surface area (Å²) < 4.78 is 0. The van der Waals surface area contributed by atoms with Crippen LogP contribution in [0.2, 0.25) is 0 Å². The van der Waals surface area contributed by atoms with Gasteiger partial charge in [-0.1, -0.05) is 27.2 Å². The number of thiol groups is 1. The van der Waals surface area contributed by atoms with Gasteiger partial charge in [0.2, 0.25) is 0 Å². The fourth-order valence-electron chi connectivity index (χ4n) is 2.54. The molecule has 0 amide bonds. The van der Waals surface area contributed by atoms with Gasteiger partial charge in [-0.15, -0.1) is 0 Å². The zero-order chi connectivity index (χ0) is 11.3. The van der Waals surface area contributed by atoms with Gasteiger partial charge in [0, 0.05) is 12.6 Å². The SMILES string of the molecule is CCC1CCCCN1CC(CS)C(C)C. The first-order chi connectivity index (χ1) is 7.19. The van der Waals surface area contributed by atoms with Crippen LogP contribution in [0.1, 0.15) is 46.5 Å². The van der Waals surface area contributed by atoms with Crippen LogP contribution in [0.3, 0.4) is 0 Å². The van der Waals surface area contributed by atoms with Crippen molar-refractivity contribution in [2.75, 3.05) is 18.8 Å². The Morgan fingerprint density at radius 3 is 2.60 bits per heavy atom. The van der Waals surface area contributed by atoms with Gasteiger partial charge in [0.1, 0.15) is 0 Å². The van der Waals surface area contributed by atoms with E-state index in [1.54, 1.807) is 0 Å². The molecule has 1 aliphatic rings. The van der Waals surface area contributed by atoms with Gasteiger partial charge in [-0.25, -0.2) is 0 Å². The molecule has 0 N–H and O–H groups in total. The standard InChI is InChI=1S/C13H27NS/c1-4-13-7-5-6-8-14(13)9-12(10-15)11(2)3/h11-13,15H,4-10H2,1-3H3. The smallest absolute Gasteiger partial charge is 0.00927 e. The second-order valence-electron chi connectivity index (χ2n) is 5.24. The summed E-state index contributed by atoms with van der Waals surface area (Å²) in [6.07, 6.45) is 5.56. The fourth-order valence-corrected chi connectivity index (χ4v) is 3.08. The van der Waals surface area contributed by atoms with Crippen molar-refractivity contribution in [1.82, 2.24) is 4.90 Å². The van der Waals surface area contributed by atoms with E-state index in [-0.39, 0.29) is 0 Å². The van der Waals surface area contributed by atoms with E-state index < -0.39 is 0 Å². The Bertz CT molecular complexity index is 170. The van der Waals surface area contributed by atoms with Crippen LogP contribution in [0, 0.1) is 11.8 Å². The maximum absolute atomic E-state index is 4.49. The fraction of sp³-hybridized carbons (Fsp3) is 1.00. The molecule has 0 aliphatic carbocycles. The Kier molecular flexibility index (Phi) is 6.06. The summed E-state index contributed by atoms with van der Waals surface area (Å²) in [6, 6.07) is 0.847. The maximum atomic E-state index is 4.49. The van der Waals surface area contributed by atoms with Crippen molar-refractivity contribution in [3.8, 4) is 0 Å². The van der Waals surface area contributed by atoms with E-state index in [1.165, 1.54) is 38.8 Å². The van der Waals surface area contributed by atoms with Crippen LogP contribution in [0.4, 0.5) is 0 Å². The van der Waals surface area contributed by atoms with E-state index in [0.29, 0.717) is 0 Å². The van der Waals surface area contributed by atoms with Crippen LogP contribution in [0.5, 0.6) is 0 Å². The van der Waals surface area contributed by atoms with Gasteiger partial charge in [-0.05, 0) is 43.4 Å². The van der Waals surface area contributed by atoms with Gasteiger partial charge in [-0.3, -0.25) is 0 Å². The minimum absolute atomic E-state index is 0.764. The summed E-state index contributed by atoms with van der Waals surface area (Å²) >= 11 is 4.49. The molecule has 0 aromatic heterocycles. The van der Waals surface area contributed by atoms with Crippen LogP contribution in [0.15, 0.2) is 0 Å². The third-order valence-electron chi connectivity index (χ3n) is 3.87. The van der Waals surface area contributed by atoms with Gasteiger partial charge in [0.25, 0.3) is 0 Å². The molecular weight excluding hydrogens is 202 g/mol. The van der Waals surface area contributed by atoms with Crippen LogP contribution in [-0.4, -0.2) is 29.8 Å². The monoisotopic (exact) mass is 229 g/mol. The number of piperidine rings is 1. The highest BCUT2D eigenvalue weighted by Crippen LogP contribution is 2.23. The molecule has 2 atom stereocenters. The van der Waals surface area contributed by atoms with Crippen molar-refractivity contribution in [2.24, 2.45) is 11.8 Å². The first kappa shape index (κ1) is 13.4. The second-order valence-corrected chi connectivity index (χ2v) is 5.60. The van der Waals surface area contributed by atoms with Crippen LogP contribution >= 0.6 is 12.6 Å². The summed E-state index contributed by atoms with van der Waals surface area (Å²) in [6.45, 7) is 9.56. The molecule has 0 radical (unpaired) electrons. The van der Waals surface area contributed by atoms with Crippen molar-refractivity contribution in [1.29, 1.82) is 0 Å². The molecule has 0 spiro atoms. The lowest BCUT2D eigenvalue weighted by atomic mass is 9.93. The lowest BCUT2D eigenvalue weighted by molar-refractivity contribution is 0.115. The highest BCUT2D eigenvalue weighted by molar-refractivity contribution is 7.80. The summed E-state index contributed by atoms with van der Waals surface area (Å²) in [5.74, 6) is 2.56. The molecule has 1 heterocycles. The molecule has 0 aromatic carbocycles. The molecule has 1 aliphatic heterocycles. The Hall–Kier alpha value is 0.310. The predicted octanol–water partition coefficient (Wildman–Crippen LogP) is 3.45. The highest BCUT2D eigenvalue weighted by atomic mass is 32.1. The van der Waals surface area contributed by atoms with Crippen LogP contribution in [-0.2, 0) is 0 Å². The van der Waals surface area contributed by atoms with Gasteiger partial charge in [0.15, 0.2) is 0 Å². The van der Waals surface area contributed by atoms with Crippen molar-refractivity contribution >= 4 is 12.6 Å². The van der Waals surface area contributed by atoms with Gasteiger partial charge < -0.3 is 4.90 Å². The Morgan fingerprint density at radius 1 is 1.33 bits per heavy atom. The third kappa shape index (κ3) is 3.99. The number of likely N-dealkylation sites (tertiary alicyclic amines) is 1. The molecule has 1 saturated heterocycles. The average Bonchev–Trinajstić information content (AvgIpc) is 2.25. The third-order valence-corrected chi connectivity index (χ3v) is 4.34. The van der Waals surface area contributed by atoms with Crippen LogP contribution in [0.25, 0.3) is 0 Å². The zero-order valence-corrected chi connectivity index (χ0v) is 11.5. The number of nitrogens with zero attached hydrogens (tertiary/aromatic N) is 1. The number of hydrogen-bond donors (Lipinski definition) is 1. The van der Waals surface area contributed by atoms with Gasteiger partial charge in [0.05, 0.1) is 0 Å². The number of hydrogen-bond acceptors (Lipinski definition) is 2. The molecular formula is C13H27NS. The lowest BCUT2D eigenvalue weighted by Gasteiger charge is -2.38. The topological polar surface area (TPSA) is 3.24 Å². The Balaban J connectivity index is 2.46. The summed E-state index contributed by atoms with van der Waals surface area (Å²) in [7, 11) is 0. The molecule has 2 heteroatoms. The molecule has 1 nitrogen and oxygen atoms in total. The first-order valence-corrected chi connectivity index (χ1v) is 7.17. The zero-order valence-electron chi connectivity index (χ0n) is 10.6. The average molecular weight is 229 g/mol. The van der Waals surface area contributed by atoms with Crippen LogP contribution < -0.4 is 0 Å². The minimum atomic E-state index is 0.764. The van der Waals surface area contributed by atoms with E-state index in [9.17, 15) is 0 Å². The molecule has 0 bridgehead atoms. The Labute approximate surface area is 101 Å². The largest absolute Gasteiger partial charge is 0.300 e. The quantitative estimate of drug-likeness (QED) is 0.707. The predicted molar refractivity (Wildman–Crippen MR) is 71.7 cm³/mol. The summed E-state index contributed by atoms with van der Waals surface area (Å²) in [5.41, 5.74) is 0. The summed E-state index contributed by atoms with van der Waals surface area (Å²) in [5, 5.41) is 0. The molecule has 1 fully saturated rings. The van der Waals surface area contributed by atoms with Crippen molar-refractivity contribution < 1.29 is 0 Å². The number of rotatable bonds is 5. The van der Waals surface area contributed by atoms with Gasteiger partial charge in [-0.2, -0.15) is 12.6 Å². The second kappa shape index (κ2) is 6.80. The minimum Gasteiger partial charge on any atom is -0.300 e. The first-order valence-electron chi connectivity index (χ1n) is 6.54. The Morgan fingerprint density at radius 2 is 2.07 bits per heavy atom. The normalized spacial score (nSPS) is 25.8. The van der Waals surface area contributed by atoms with E-state index in [2.05, 4.69) is 38.3 Å². The molecule has 1 rings (SSSR count). The maximum Gasteiger partial charge on any atom is 0.00927 e. The van der Waals surface area contributed by atoms with Gasteiger partial charge >= 0.3 is 0 Å². The van der Waals surface area contributed by atoms with E-state index in [4.69, 9.17) is 0 Å².